The largest absolute Gasteiger partial charge is 0.488 e. The zero-order chi connectivity index (χ0) is 23.7. The van der Waals surface area contributed by atoms with Gasteiger partial charge in [-0.2, -0.15) is 20.1 Å². The van der Waals surface area contributed by atoms with Gasteiger partial charge in [-0.05, 0) is 56.2 Å². The van der Waals surface area contributed by atoms with Gasteiger partial charge in [-0.1, -0.05) is 42.5 Å². The zero-order valence-corrected chi connectivity index (χ0v) is 20.1. The van der Waals surface area contributed by atoms with E-state index in [1.807, 2.05) is 42.5 Å². The van der Waals surface area contributed by atoms with Crippen molar-refractivity contribution in [3.8, 4) is 5.75 Å². The van der Waals surface area contributed by atoms with Gasteiger partial charge < -0.3 is 14.5 Å². The van der Waals surface area contributed by atoms with Gasteiger partial charge in [-0.15, -0.1) is 0 Å². The Kier molecular flexibility index (Phi) is 7.68. The molecule has 2 aliphatic rings. The summed E-state index contributed by atoms with van der Waals surface area (Å²) in [6, 6.07) is 18.0. The minimum atomic E-state index is 0.472. The topological polar surface area (TPSA) is 78.8 Å². The number of para-hydroxylation sites is 1. The van der Waals surface area contributed by atoms with Crippen molar-refractivity contribution in [2.75, 3.05) is 41.4 Å². The van der Waals surface area contributed by atoms with E-state index in [1.54, 1.807) is 6.21 Å². The lowest BCUT2D eigenvalue weighted by Crippen LogP contribution is -2.34. The highest BCUT2D eigenvalue weighted by Gasteiger charge is 2.20. The second-order valence-electron chi connectivity index (χ2n) is 9.04. The first-order valence-electron chi connectivity index (χ1n) is 12.7. The summed E-state index contributed by atoms with van der Waals surface area (Å²) in [5, 5.41) is 4.46. The predicted octanol–water partition coefficient (Wildman–Crippen LogP) is 4.88. The maximum Gasteiger partial charge on any atom is 0.250 e. The number of ether oxygens (including phenoxy) is 1. The molecule has 8 heteroatoms. The van der Waals surface area contributed by atoms with E-state index >= 15 is 0 Å². The first-order valence-corrected chi connectivity index (χ1v) is 12.7. The molecular weight excluding hydrogens is 438 g/mol. The maximum absolute atomic E-state index is 6.05. The van der Waals surface area contributed by atoms with E-state index in [2.05, 4.69) is 32.5 Å². The summed E-state index contributed by atoms with van der Waals surface area (Å²) in [5.74, 6) is 2.73. The average molecular weight is 472 g/mol. The van der Waals surface area contributed by atoms with Crippen molar-refractivity contribution in [1.82, 2.24) is 15.0 Å². The number of rotatable bonds is 8. The number of benzene rings is 2. The fourth-order valence-corrected chi connectivity index (χ4v) is 4.49. The van der Waals surface area contributed by atoms with Crippen LogP contribution in [0.3, 0.4) is 0 Å². The Bertz CT molecular complexity index is 1070. The van der Waals surface area contributed by atoms with Crippen molar-refractivity contribution in [1.29, 1.82) is 0 Å². The van der Waals surface area contributed by atoms with Gasteiger partial charge in [0, 0.05) is 31.7 Å². The molecule has 182 valence electrons. The Balaban J connectivity index is 1.31. The summed E-state index contributed by atoms with van der Waals surface area (Å²) in [6.07, 6.45) is 8.97. The minimum Gasteiger partial charge on any atom is -0.488 e. The number of piperidine rings is 2. The summed E-state index contributed by atoms with van der Waals surface area (Å²) in [4.78, 5) is 18.8. The lowest BCUT2D eigenvalue weighted by Gasteiger charge is -2.30. The van der Waals surface area contributed by atoms with Gasteiger partial charge in [0.1, 0.15) is 12.4 Å². The Morgan fingerprint density at radius 1 is 0.743 bits per heavy atom. The first kappa shape index (κ1) is 23.1. The van der Waals surface area contributed by atoms with Crippen LogP contribution in [0.15, 0.2) is 59.7 Å². The quantitative estimate of drug-likeness (QED) is 0.371. The highest BCUT2D eigenvalue weighted by molar-refractivity contribution is 5.83. The molecule has 3 aromatic rings. The molecule has 0 saturated carbocycles. The number of anilines is 3. The highest BCUT2D eigenvalue weighted by Crippen LogP contribution is 2.23. The van der Waals surface area contributed by atoms with E-state index in [0.29, 0.717) is 12.6 Å². The van der Waals surface area contributed by atoms with Gasteiger partial charge in [0.15, 0.2) is 0 Å². The van der Waals surface area contributed by atoms with Crippen molar-refractivity contribution in [2.45, 2.75) is 45.1 Å². The summed E-state index contributed by atoms with van der Waals surface area (Å²) < 4.78 is 6.05. The number of nitrogens with one attached hydrogen (secondary N) is 1. The van der Waals surface area contributed by atoms with Gasteiger partial charge >= 0.3 is 0 Å². The fraction of sp³-hybridized carbons (Fsp3) is 0.407. The molecule has 0 amide bonds. The van der Waals surface area contributed by atoms with E-state index in [0.717, 1.165) is 55.0 Å². The van der Waals surface area contributed by atoms with Crippen molar-refractivity contribution < 1.29 is 4.74 Å². The number of hydrazone groups is 1. The van der Waals surface area contributed by atoms with E-state index in [4.69, 9.17) is 19.7 Å². The highest BCUT2D eigenvalue weighted by atomic mass is 16.5. The van der Waals surface area contributed by atoms with Crippen LogP contribution in [0, 0.1) is 0 Å². The molecule has 0 spiro atoms. The number of hydrogen-bond acceptors (Lipinski definition) is 8. The third-order valence-electron chi connectivity index (χ3n) is 6.41. The van der Waals surface area contributed by atoms with Crippen LogP contribution in [0.25, 0.3) is 0 Å². The molecule has 8 nitrogen and oxygen atoms in total. The van der Waals surface area contributed by atoms with E-state index in [1.165, 1.54) is 38.5 Å². The van der Waals surface area contributed by atoms with E-state index in [9.17, 15) is 0 Å². The van der Waals surface area contributed by atoms with Gasteiger partial charge in [0.05, 0.1) is 6.21 Å². The third kappa shape index (κ3) is 6.26. The van der Waals surface area contributed by atoms with Crippen LogP contribution in [0.1, 0.15) is 49.7 Å². The normalized spacial score (nSPS) is 16.5. The average Bonchev–Trinajstić information content (AvgIpc) is 2.94. The van der Waals surface area contributed by atoms with Crippen molar-refractivity contribution >= 4 is 24.1 Å². The molecule has 0 bridgehead atoms. The van der Waals surface area contributed by atoms with Crippen LogP contribution < -0.4 is 20.0 Å². The Hall–Kier alpha value is -3.68. The van der Waals surface area contributed by atoms with Crippen LogP contribution in [0.5, 0.6) is 5.75 Å². The maximum atomic E-state index is 6.05. The summed E-state index contributed by atoms with van der Waals surface area (Å²) in [5.41, 5.74) is 5.06. The molecule has 5 rings (SSSR count). The summed E-state index contributed by atoms with van der Waals surface area (Å²) in [7, 11) is 0. The first-order chi connectivity index (χ1) is 17.3. The van der Waals surface area contributed by atoms with Crippen molar-refractivity contribution in [2.24, 2.45) is 5.10 Å². The van der Waals surface area contributed by atoms with E-state index < -0.39 is 0 Å². The predicted molar refractivity (Wildman–Crippen MR) is 140 cm³/mol. The zero-order valence-electron chi connectivity index (χ0n) is 20.1. The molecule has 2 aliphatic heterocycles. The van der Waals surface area contributed by atoms with Crippen LogP contribution in [-0.2, 0) is 6.61 Å². The smallest absolute Gasteiger partial charge is 0.250 e. The SMILES string of the molecule is C(=N\Nc1nc(N2CCCCC2)nc(N2CCCCC2)n1)/c1ccccc1OCc1ccccc1. The molecule has 35 heavy (non-hydrogen) atoms. The summed E-state index contributed by atoms with van der Waals surface area (Å²) in [6.45, 7) is 4.44. The van der Waals surface area contributed by atoms with Crippen LogP contribution in [0.4, 0.5) is 17.8 Å². The number of nitrogens with zero attached hydrogens (tertiary/aromatic N) is 6. The van der Waals surface area contributed by atoms with E-state index in [-0.39, 0.29) is 0 Å². The summed E-state index contributed by atoms with van der Waals surface area (Å²) >= 11 is 0. The standard InChI is InChI=1S/C27H33N7O/c1-4-12-22(13-5-1)21-35-24-15-7-6-14-23(24)20-28-32-25-29-26(33-16-8-2-9-17-33)31-27(30-25)34-18-10-3-11-19-34/h1,4-7,12-15,20H,2-3,8-11,16-19,21H2,(H,29,30,31,32)/b28-20+. The molecule has 3 heterocycles. The molecule has 2 aromatic carbocycles. The van der Waals surface area contributed by atoms with Gasteiger partial charge in [0.25, 0.3) is 0 Å². The molecule has 2 fully saturated rings. The minimum absolute atomic E-state index is 0.472. The third-order valence-corrected chi connectivity index (χ3v) is 6.41. The second-order valence-corrected chi connectivity index (χ2v) is 9.04. The van der Waals surface area contributed by atoms with Crippen LogP contribution in [0.2, 0.25) is 0 Å². The van der Waals surface area contributed by atoms with Gasteiger partial charge in [-0.25, -0.2) is 5.43 Å². The van der Waals surface area contributed by atoms with Crippen LogP contribution >= 0.6 is 0 Å². The molecule has 0 atom stereocenters. The Labute approximate surface area is 207 Å². The lowest BCUT2D eigenvalue weighted by molar-refractivity contribution is 0.306. The molecule has 0 radical (unpaired) electrons. The van der Waals surface area contributed by atoms with Gasteiger partial charge in [-0.3, -0.25) is 0 Å². The molecule has 1 aromatic heterocycles. The van der Waals surface area contributed by atoms with Crippen molar-refractivity contribution in [3.63, 3.8) is 0 Å². The Morgan fingerprint density at radius 2 is 1.34 bits per heavy atom. The monoisotopic (exact) mass is 471 g/mol. The fourth-order valence-electron chi connectivity index (χ4n) is 4.49. The Morgan fingerprint density at radius 3 is 2.00 bits per heavy atom. The molecule has 0 aliphatic carbocycles. The van der Waals surface area contributed by atoms with Gasteiger partial charge in [0.2, 0.25) is 17.8 Å². The molecule has 2 saturated heterocycles. The van der Waals surface area contributed by atoms with Crippen molar-refractivity contribution in [3.05, 3.63) is 65.7 Å². The number of aromatic nitrogens is 3. The van der Waals surface area contributed by atoms with Crippen LogP contribution in [-0.4, -0.2) is 47.3 Å². The number of hydrogen-bond donors (Lipinski definition) is 1. The molecular formula is C27H33N7O. The molecule has 1 N–H and O–H groups in total. The lowest BCUT2D eigenvalue weighted by atomic mass is 10.1. The molecule has 0 unspecified atom stereocenters. The second kappa shape index (κ2) is 11.6.